The van der Waals surface area contributed by atoms with Gasteiger partial charge >= 0.3 is 0 Å². The highest BCUT2D eigenvalue weighted by molar-refractivity contribution is 6.31. The third-order valence-corrected chi connectivity index (χ3v) is 30.2. The van der Waals surface area contributed by atoms with E-state index >= 15 is 4.39 Å². The van der Waals surface area contributed by atoms with Crippen molar-refractivity contribution in [3.8, 4) is 100 Å². The lowest BCUT2D eigenvalue weighted by Crippen LogP contribution is -1.91. The maximum atomic E-state index is 15.7. The van der Waals surface area contributed by atoms with Crippen LogP contribution in [0.25, 0.3) is 300 Å². The van der Waals surface area contributed by atoms with Crippen molar-refractivity contribution < 1.29 is 17.6 Å². The molecule has 5 heteroatoms. The van der Waals surface area contributed by atoms with Crippen molar-refractivity contribution in [3.63, 3.8) is 0 Å². The van der Waals surface area contributed by atoms with Crippen LogP contribution in [-0.2, 0) is 0 Å². The molecule has 0 radical (unpaired) electrons. The topological polar surface area (TPSA) is 43.8 Å². The summed E-state index contributed by atoms with van der Waals surface area (Å²) in [5.74, 6) is -0.179. The standard InChI is InChI=1S/C47H27NO.C47H30O.C46H27FO/c1-48-46-37-22-11-9-20-35(37)44(36-21-10-12-23-38(36)46)30-26-27-42-41(28-30)39-24-13-25-40(47(39)49-42)45-33-18-7-5-16-31(33)43(29-14-3-2-4-15-29)32-17-6-8-19-34(32)45;1-29-32-16-5-7-18-34(32)45(35-19-8-6-17-33(29)35)31-26-27-43-42(28-31)40-24-13-25-41(47(40)48-43)46-38-22-11-9-20-36(38)44(30-14-3-2-4-15-30)37-21-10-12-23-39(37)46;47-45-36-21-10-8-19-34(36)43(35-20-9-11-22-37(35)45)29-25-26-41-40(27-29)38-23-12-24-39(46(38)48-41)44-32-17-6-4-15-30(32)42(28-13-2-1-3-14-28)31-16-5-7-18-33(31)44/h2-28H;2-28H,1H3;1-27H. The van der Waals surface area contributed by atoms with E-state index in [0.717, 1.165) is 137 Å². The van der Waals surface area contributed by atoms with E-state index in [1.807, 2.05) is 60.7 Å². The van der Waals surface area contributed by atoms with Gasteiger partial charge in [-0.3, -0.25) is 0 Å². The van der Waals surface area contributed by atoms with Gasteiger partial charge in [0, 0.05) is 76.5 Å². The first kappa shape index (κ1) is 84.0. The third kappa shape index (κ3) is 13.3. The monoisotopic (exact) mass is 1850 g/mol. The van der Waals surface area contributed by atoms with Crippen LogP contribution in [0, 0.1) is 19.3 Å². The first-order chi connectivity index (χ1) is 71.8. The molecule has 0 unspecified atom stereocenters. The summed E-state index contributed by atoms with van der Waals surface area (Å²) in [7, 11) is 0. The van der Waals surface area contributed by atoms with Gasteiger partial charge in [0.25, 0.3) is 0 Å². The van der Waals surface area contributed by atoms with Gasteiger partial charge in [-0.15, -0.1) is 0 Å². The number of hydrogen-bond acceptors (Lipinski definition) is 3. The summed E-state index contributed by atoms with van der Waals surface area (Å²) in [5.41, 5.74) is 28.3. The van der Waals surface area contributed by atoms with Crippen molar-refractivity contribution in [1.29, 1.82) is 0 Å². The molecule has 30 rings (SSSR count). The van der Waals surface area contributed by atoms with Crippen LogP contribution in [0.15, 0.2) is 505 Å². The van der Waals surface area contributed by atoms with Gasteiger partial charge in [0.2, 0.25) is 5.69 Å². The first-order valence-corrected chi connectivity index (χ1v) is 49.5. The molecule has 3 aromatic heterocycles. The largest absolute Gasteiger partial charge is 0.455 e. The molecule has 3 heterocycles. The fourth-order valence-corrected chi connectivity index (χ4v) is 24.0. The second-order valence-electron chi connectivity index (χ2n) is 37.9. The van der Waals surface area contributed by atoms with Crippen LogP contribution in [-0.4, -0.2) is 0 Å². The Morgan fingerprint density at radius 1 is 0.166 bits per heavy atom. The highest BCUT2D eigenvalue weighted by Gasteiger charge is 2.29. The second kappa shape index (κ2) is 34.2. The first-order valence-electron chi connectivity index (χ1n) is 49.5. The van der Waals surface area contributed by atoms with Crippen molar-refractivity contribution in [2.24, 2.45) is 0 Å². The Morgan fingerprint density at radius 2 is 0.352 bits per heavy atom. The summed E-state index contributed by atoms with van der Waals surface area (Å²) in [6, 6.07) is 174. The maximum absolute atomic E-state index is 15.7. The minimum Gasteiger partial charge on any atom is -0.455 e. The Hall–Kier alpha value is -19.1. The molecular formula is C140H84FNO3. The molecule has 0 aliphatic carbocycles. The molecule has 0 aliphatic rings. The zero-order valence-electron chi connectivity index (χ0n) is 78.8. The number of hydrogen-bond donors (Lipinski definition) is 0. The zero-order valence-corrected chi connectivity index (χ0v) is 78.8. The zero-order chi connectivity index (χ0) is 96.0. The third-order valence-electron chi connectivity index (χ3n) is 30.2. The number of fused-ring (bicyclic) bond motifs is 21. The molecule has 0 amide bonds. The highest BCUT2D eigenvalue weighted by atomic mass is 19.1. The molecule has 4 nitrogen and oxygen atoms in total. The highest BCUT2D eigenvalue weighted by Crippen LogP contribution is 2.55. The average Bonchev–Trinajstić information content (AvgIpc) is 1.54. The quantitative estimate of drug-likeness (QED) is 0.107. The summed E-state index contributed by atoms with van der Waals surface area (Å²) in [5, 5.41) is 33.4. The van der Waals surface area contributed by atoms with E-state index in [1.165, 1.54) is 153 Å². The van der Waals surface area contributed by atoms with E-state index in [1.54, 1.807) is 0 Å². The van der Waals surface area contributed by atoms with Crippen LogP contribution in [0.1, 0.15) is 5.56 Å². The number of furan rings is 3. The van der Waals surface area contributed by atoms with Gasteiger partial charge in [0.1, 0.15) is 39.3 Å². The minimum atomic E-state index is -0.179. The molecule has 0 spiro atoms. The van der Waals surface area contributed by atoms with Gasteiger partial charge in [-0.2, -0.15) is 0 Å². The van der Waals surface area contributed by atoms with Gasteiger partial charge in [-0.1, -0.05) is 455 Å². The van der Waals surface area contributed by atoms with Crippen LogP contribution in [0.3, 0.4) is 0 Å². The summed E-state index contributed by atoms with van der Waals surface area (Å²) in [6.45, 7) is 10.3. The number of halogens is 1. The minimum absolute atomic E-state index is 0.179. The molecule has 0 saturated heterocycles. The number of rotatable bonds is 9. The van der Waals surface area contributed by atoms with E-state index in [9.17, 15) is 0 Å². The van der Waals surface area contributed by atoms with E-state index in [0.29, 0.717) is 16.5 Å². The molecule has 145 heavy (non-hydrogen) atoms. The molecule has 0 saturated carbocycles. The number of para-hydroxylation sites is 3. The summed E-state index contributed by atoms with van der Waals surface area (Å²) in [4.78, 5) is 3.98. The predicted octanol–water partition coefficient (Wildman–Crippen LogP) is 40.6. The van der Waals surface area contributed by atoms with Crippen molar-refractivity contribution >= 4 is 201 Å². The lowest BCUT2D eigenvalue weighted by molar-refractivity contribution is 0.651. The molecular weight excluding hydrogens is 1760 g/mol. The van der Waals surface area contributed by atoms with Crippen molar-refractivity contribution in [2.75, 3.05) is 0 Å². The van der Waals surface area contributed by atoms with Crippen molar-refractivity contribution in [2.45, 2.75) is 6.92 Å². The molecule has 0 aliphatic heterocycles. The number of nitrogens with zero attached hydrogens (tertiary/aromatic N) is 1. The lowest BCUT2D eigenvalue weighted by Gasteiger charge is -2.17. The molecule has 674 valence electrons. The van der Waals surface area contributed by atoms with E-state index in [-0.39, 0.29) is 5.82 Å². The molecule has 0 N–H and O–H groups in total. The molecule has 27 aromatic carbocycles. The van der Waals surface area contributed by atoms with Gasteiger partial charge < -0.3 is 13.3 Å². The molecule has 0 bridgehead atoms. The van der Waals surface area contributed by atoms with Crippen LogP contribution < -0.4 is 0 Å². The average molecular weight is 1850 g/mol. The Bertz CT molecular complexity index is 9970. The molecule has 0 fully saturated rings. The Labute approximate surface area is 833 Å². The van der Waals surface area contributed by atoms with Crippen LogP contribution in [0.5, 0.6) is 0 Å². The van der Waals surface area contributed by atoms with Crippen molar-refractivity contribution in [1.82, 2.24) is 0 Å². The Morgan fingerprint density at radius 3 is 0.600 bits per heavy atom. The van der Waals surface area contributed by atoms with Gasteiger partial charge in [-0.25, -0.2) is 9.24 Å². The van der Waals surface area contributed by atoms with Gasteiger partial charge in [0.15, 0.2) is 0 Å². The van der Waals surface area contributed by atoms with Crippen molar-refractivity contribution in [3.05, 3.63) is 514 Å². The lowest BCUT2D eigenvalue weighted by atomic mass is 9.85. The van der Waals surface area contributed by atoms with E-state index < -0.39 is 0 Å². The normalized spacial score (nSPS) is 11.8. The number of aryl methyl sites for hydroxylation is 1. The van der Waals surface area contributed by atoms with Gasteiger partial charge in [0.05, 0.1) is 6.57 Å². The fraction of sp³-hybridized carbons (Fsp3) is 0.00714. The van der Waals surface area contributed by atoms with Crippen LogP contribution >= 0.6 is 0 Å². The second-order valence-corrected chi connectivity index (χ2v) is 37.9. The van der Waals surface area contributed by atoms with Crippen LogP contribution in [0.4, 0.5) is 10.1 Å². The maximum Gasteiger partial charge on any atom is 0.202 e. The predicted molar refractivity (Wildman–Crippen MR) is 611 cm³/mol. The number of benzene rings is 27. The summed E-state index contributed by atoms with van der Waals surface area (Å²) < 4.78 is 36.1. The SMILES string of the molecule is Cc1c2ccccc2c(-c2ccc3oc4c(-c5c6ccccc6c(-c6ccccc6)c6ccccc56)cccc4c3c2)c2ccccc12.Fc1c2ccccc2c(-c2ccc3oc4c(-c5c6ccccc6c(-c6ccccc6)c6ccccc56)cccc4c3c2)c2ccccc12.[C-]#[N+]c1c2ccccc2c(-c2ccc3oc4c(-c5c6ccccc6c(-c6ccccc6)c6ccccc56)cccc4c3c2)c2ccccc12. The fourth-order valence-electron chi connectivity index (χ4n) is 24.0. The van der Waals surface area contributed by atoms with Gasteiger partial charge in [-0.05, 0) is 234 Å². The molecule has 0 atom stereocenters. The molecule has 30 aromatic rings. The van der Waals surface area contributed by atoms with Crippen LogP contribution in [0.2, 0.25) is 0 Å². The van der Waals surface area contributed by atoms with E-state index in [4.69, 9.17) is 19.8 Å². The summed E-state index contributed by atoms with van der Waals surface area (Å²) >= 11 is 0. The Balaban J connectivity index is 0.000000106. The smallest absolute Gasteiger partial charge is 0.202 e. The van der Waals surface area contributed by atoms with E-state index in [2.05, 4.69) is 442 Å². The summed E-state index contributed by atoms with van der Waals surface area (Å²) in [6.07, 6.45) is 0. The Kier molecular flexibility index (Phi) is 19.8.